The maximum Gasteiger partial charge on any atom is 0.230 e. The first-order chi connectivity index (χ1) is 16.3. The van der Waals surface area contributed by atoms with Crippen LogP contribution in [0.3, 0.4) is 0 Å². The molecular weight excluding hydrogens is 419 g/mol. The molecule has 0 saturated carbocycles. The number of benzene rings is 2. The smallest absolute Gasteiger partial charge is 0.230 e. The van der Waals surface area contributed by atoms with Gasteiger partial charge in [-0.15, -0.1) is 0 Å². The molecule has 5 aromatic rings. The molecule has 1 aliphatic heterocycles. The fraction of sp³-hybridized carbons (Fsp3) is 0.192. The summed E-state index contributed by atoms with van der Waals surface area (Å²) in [5, 5.41) is 5.71. The molecule has 0 unspecified atom stereocenters. The lowest BCUT2D eigenvalue weighted by atomic mass is 10.0. The molecule has 6 nitrogen and oxygen atoms in total. The Morgan fingerprint density at radius 2 is 1.79 bits per heavy atom. The van der Waals surface area contributed by atoms with Gasteiger partial charge in [0.05, 0.1) is 23.7 Å². The van der Waals surface area contributed by atoms with Crippen molar-refractivity contribution in [3.8, 4) is 33.8 Å². The van der Waals surface area contributed by atoms with Crippen LogP contribution in [0.15, 0.2) is 77.6 Å². The van der Waals surface area contributed by atoms with Crippen LogP contribution in [0.25, 0.3) is 44.9 Å². The molecule has 1 saturated heterocycles. The maximum absolute atomic E-state index is 13.6. The van der Waals surface area contributed by atoms with Crippen LogP contribution in [0, 0.1) is 5.82 Å². The van der Waals surface area contributed by atoms with Crippen molar-refractivity contribution >= 4 is 11.1 Å². The highest BCUT2D eigenvalue weighted by molar-refractivity contribution is 5.95. The van der Waals surface area contributed by atoms with Crippen LogP contribution < -0.4 is 0 Å². The van der Waals surface area contributed by atoms with Gasteiger partial charge in [0.15, 0.2) is 0 Å². The molecule has 3 aromatic heterocycles. The van der Waals surface area contributed by atoms with E-state index in [0.717, 1.165) is 58.7 Å². The van der Waals surface area contributed by atoms with Crippen LogP contribution in [0.5, 0.6) is 0 Å². The molecule has 1 atom stereocenters. The molecule has 0 radical (unpaired) electrons. The molecule has 2 aromatic carbocycles. The molecule has 7 heteroatoms. The van der Waals surface area contributed by atoms with Crippen LogP contribution in [-0.2, 0) is 4.74 Å². The number of ether oxygens (including phenoxy) is 1. The zero-order chi connectivity index (χ0) is 22.2. The predicted molar refractivity (Wildman–Crippen MR) is 123 cm³/mol. The fourth-order valence-electron chi connectivity index (χ4n) is 4.32. The van der Waals surface area contributed by atoms with E-state index < -0.39 is 0 Å². The Bertz CT molecular complexity index is 1400. The van der Waals surface area contributed by atoms with E-state index in [9.17, 15) is 4.39 Å². The third-order valence-corrected chi connectivity index (χ3v) is 6.00. The monoisotopic (exact) mass is 440 g/mol. The fourth-order valence-corrected chi connectivity index (χ4v) is 4.32. The van der Waals surface area contributed by atoms with Gasteiger partial charge in [-0.1, -0.05) is 30.3 Å². The highest BCUT2D eigenvalue weighted by atomic mass is 19.1. The number of aromatic nitrogens is 4. The Kier molecular flexibility index (Phi) is 4.96. The highest BCUT2D eigenvalue weighted by Gasteiger charge is 2.23. The molecule has 4 heterocycles. The number of rotatable bonds is 4. The van der Waals surface area contributed by atoms with Gasteiger partial charge in [-0.3, -0.25) is 4.68 Å². The lowest BCUT2D eigenvalue weighted by Crippen LogP contribution is -2.21. The number of nitrogens with zero attached hydrogens (tertiary/aromatic N) is 4. The van der Waals surface area contributed by atoms with Crippen LogP contribution >= 0.6 is 0 Å². The Balaban J connectivity index is 1.52. The lowest BCUT2D eigenvalue weighted by molar-refractivity contribution is 0.0550. The first-order valence-electron chi connectivity index (χ1n) is 11.0. The third-order valence-electron chi connectivity index (χ3n) is 6.00. The topological polar surface area (TPSA) is 66.0 Å². The largest absolute Gasteiger partial charge is 0.438 e. The average molecular weight is 440 g/mol. The van der Waals surface area contributed by atoms with Gasteiger partial charge in [-0.05, 0) is 43.2 Å². The second-order valence-corrected chi connectivity index (χ2v) is 8.17. The molecule has 0 aliphatic carbocycles. The summed E-state index contributed by atoms with van der Waals surface area (Å²) in [6.07, 6.45) is 5.50. The van der Waals surface area contributed by atoms with Gasteiger partial charge < -0.3 is 9.15 Å². The maximum atomic E-state index is 13.6. The van der Waals surface area contributed by atoms with Gasteiger partial charge in [0.1, 0.15) is 23.6 Å². The minimum atomic E-state index is -0.285. The van der Waals surface area contributed by atoms with Crippen molar-refractivity contribution in [2.75, 3.05) is 13.2 Å². The molecule has 164 valence electrons. The molecule has 6 rings (SSSR count). The molecule has 1 fully saturated rings. The van der Waals surface area contributed by atoms with Gasteiger partial charge in [0.2, 0.25) is 5.71 Å². The summed E-state index contributed by atoms with van der Waals surface area (Å²) in [7, 11) is 0. The summed E-state index contributed by atoms with van der Waals surface area (Å²) in [4.78, 5) is 8.97. The van der Waals surface area contributed by atoms with E-state index in [4.69, 9.17) is 14.3 Å². The summed E-state index contributed by atoms with van der Waals surface area (Å²) < 4.78 is 27.3. The van der Waals surface area contributed by atoms with Crippen LogP contribution in [0.4, 0.5) is 4.39 Å². The van der Waals surface area contributed by atoms with E-state index in [-0.39, 0.29) is 11.9 Å². The van der Waals surface area contributed by atoms with Crippen LogP contribution in [0.2, 0.25) is 0 Å². The summed E-state index contributed by atoms with van der Waals surface area (Å²) in [5.41, 5.74) is 4.62. The zero-order valence-electron chi connectivity index (χ0n) is 17.8. The SMILES string of the molecule is Fc1ccc(-c2nn([C@H]3CCCOC3)cc2-c2ncnc3oc(-c4ccccc4)cc23)cc1. The van der Waals surface area contributed by atoms with Gasteiger partial charge >= 0.3 is 0 Å². The lowest BCUT2D eigenvalue weighted by Gasteiger charge is -2.22. The Labute approximate surface area is 189 Å². The van der Waals surface area contributed by atoms with Crippen molar-refractivity contribution in [3.63, 3.8) is 0 Å². The molecule has 33 heavy (non-hydrogen) atoms. The van der Waals surface area contributed by atoms with Crippen molar-refractivity contribution in [1.29, 1.82) is 0 Å². The first-order valence-corrected chi connectivity index (χ1v) is 11.0. The Morgan fingerprint density at radius 3 is 2.58 bits per heavy atom. The number of hydrogen-bond donors (Lipinski definition) is 0. The number of halogens is 1. The predicted octanol–water partition coefficient (Wildman–Crippen LogP) is 5.91. The van der Waals surface area contributed by atoms with Crippen LogP contribution in [0.1, 0.15) is 18.9 Å². The minimum absolute atomic E-state index is 0.147. The van der Waals surface area contributed by atoms with Crippen molar-refractivity contribution in [1.82, 2.24) is 19.7 Å². The zero-order valence-corrected chi connectivity index (χ0v) is 17.8. The molecule has 0 amide bonds. The van der Waals surface area contributed by atoms with Gasteiger partial charge in [0.25, 0.3) is 0 Å². The van der Waals surface area contributed by atoms with E-state index in [2.05, 4.69) is 9.97 Å². The van der Waals surface area contributed by atoms with E-state index in [0.29, 0.717) is 12.3 Å². The summed E-state index contributed by atoms with van der Waals surface area (Å²) in [5.74, 6) is 0.441. The minimum Gasteiger partial charge on any atom is -0.438 e. The van der Waals surface area contributed by atoms with Gasteiger partial charge in [-0.2, -0.15) is 5.10 Å². The van der Waals surface area contributed by atoms with E-state index in [1.807, 2.05) is 47.3 Å². The van der Waals surface area contributed by atoms with Crippen molar-refractivity contribution in [3.05, 3.63) is 79.0 Å². The van der Waals surface area contributed by atoms with E-state index in [1.54, 1.807) is 12.1 Å². The summed E-state index contributed by atoms with van der Waals surface area (Å²) in [6, 6.07) is 18.4. The summed E-state index contributed by atoms with van der Waals surface area (Å²) in [6.45, 7) is 1.40. The van der Waals surface area contributed by atoms with Gasteiger partial charge in [0, 0.05) is 29.5 Å². The second kappa shape index (κ2) is 8.26. The first kappa shape index (κ1) is 19.8. The standard InChI is InChI=1S/C26H21FN4O2/c27-19-10-8-18(9-11-19)24-22(14-31(30-24)20-7-4-12-32-15-20)25-21-13-23(17-5-2-1-3-6-17)33-26(21)29-16-28-25/h1-3,5-6,8-11,13-14,16,20H,4,7,12,15H2/t20-/m0/s1. The molecular formula is C26H21FN4O2. The van der Waals surface area contributed by atoms with Crippen molar-refractivity contribution < 1.29 is 13.5 Å². The highest BCUT2D eigenvalue weighted by Crippen LogP contribution is 2.37. The number of fused-ring (bicyclic) bond motifs is 1. The van der Waals surface area contributed by atoms with E-state index in [1.165, 1.54) is 18.5 Å². The van der Waals surface area contributed by atoms with Gasteiger partial charge in [-0.25, -0.2) is 14.4 Å². The normalized spacial score (nSPS) is 16.3. The summed E-state index contributed by atoms with van der Waals surface area (Å²) >= 11 is 0. The second-order valence-electron chi connectivity index (χ2n) is 8.17. The quantitative estimate of drug-likeness (QED) is 0.348. The average Bonchev–Trinajstić information content (AvgIpc) is 3.51. The van der Waals surface area contributed by atoms with Crippen molar-refractivity contribution in [2.24, 2.45) is 0 Å². The Hall–Kier alpha value is -3.84. The molecule has 0 spiro atoms. The number of hydrogen-bond acceptors (Lipinski definition) is 5. The van der Waals surface area contributed by atoms with Crippen LogP contribution in [-0.4, -0.2) is 33.0 Å². The molecule has 0 bridgehead atoms. The third kappa shape index (κ3) is 3.70. The number of furan rings is 1. The van der Waals surface area contributed by atoms with E-state index >= 15 is 0 Å². The Morgan fingerprint density at radius 1 is 0.939 bits per heavy atom. The van der Waals surface area contributed by atoms with Crippen molar-refractivity contribution in [2.45, 2.75) is 18.9 Å². The molecule has 1 aliphatic rings. The molecule has 0 N–H and O–H groups in total.